The topological polar surface area (TPSA) is 52.7 Å². The van der Waals surface area contributed by atoms with Crippen LogP contribution >= 0.6 is 0 Å². The first kappa shape index (κ1) is 22.6. The van der Waals surface area contributed by atoms with Crippen LogP contribution in [0, 0.1) is 5.92 Å². The number of amides is 2. The van der Waals surface area contributed by atoms with Crippen LogP contribution in [0.5, 0.6) is 0 Å². The fourth-order valence-corrected chi connectivity index (χ4v) is 4.51. The zero-order valence-electron chi connectivity index (χ0n) is 18.9. The second-order valence-corrected chi connectivity index (χ2v) is 9.11. The van der Waals surface area contributed by atoms with Gasteiger partial charge in [-0.1, -0.05) is 39.5 Å². The van der Waals surface area contributed by atoms with E-state index < -0.39 is 0 Å². The standard InChI is InChI=1S/C25H39N3O2/c1-3-4-5-6-7-10-24(29)26-21-11-12-23(27-17-13-20(2)14-18-27)22(19-21)25(30)28-15-8-9-16-28/h11-12,19-20H,3-10,13-18H2,1-2H3,(H,26,29). The Balaban J connectivity index is 1.69. The van der Waals surface area contributed by atoms with E-state index >= 15 is 0 Å². The molecule has 2 saturated heterocycles. The van der Waals surface area contributed by atoms with Crippen LogP contribution in [-0.4, -0.2) is 42.9 Å². The summed E-state index contributed by atoms with van der Waals surface area (Å²) in [6, 6.07) is 5.91. The Hall–Kier alpha value is -2.04. The summed E-state index contributed by atoms with van der Waals surface area (Å²) in [4.78, 5) is 30.0. The molecule has 0 radical (unpaired) electrons. The molecule has 0 bridgehead atoms. The van der Waals surface area contributed by atoms with E-state index in [-0.39, 0.29) is 11.8 Å². The number of piperidine rings is 1. The minimum Gasteiger partial charge on any atom is -0.371 e. The lowest BCUT2D eigenvalue weighted by molar-refractivity contribution is -0.116. The van der Waals surface area contributed by atoms with Gasteiger partial charge in [-0.05, 0) is 56.2 Å². The van der Waals surface area contributed by atoms with E-state index in [1.165, 1.54) is 19.3 Å². The van der Waals surface area contributed by atoms with Crippen molar-refractivity contribution in [3.8, 4) is 0 Å². The molecule has 2 heterocycles. The Bertz CT molecular complexity index is 704. The molecule has 0 saturated carbocycles. The molecule has 0 aliphatic carbocycles. The average molecular weight is 414 g/mol. The third kappa shape index (κ3) is 6.23. The Labute approximate surface area is 182 Å². The van der Waals surface area contributed by atoms with Crippen LogP contribution in [0.4, 0.5) is 11.4 Å². The van der Waals surface area contributed by atoms with E-state index in [0.717, 1.165) is 87.6 Å². The largest absolute Gasteiger partial charge is 0.371 e. The fraction of sp³-hybridized carbons (Fsp3) is 0.680. The predicted molar refractivity (Wildman–Crippen MR) is 124 cm³/mol. The minimum atomic E-state index is 0.0469. The summed E-state index contributed by atoms with van der Waals surface area (Å²) in [6.07, 6.45) is 10.7. The maximum atomic E-state index is 13.3. The summed E-state index contributed by atoms with van der Waals surface area (Å²) >= 11 is 0. The van der Waals surface area contributed by atoms with E-state index in [4.69, 9.17) is 0 Å². The summed E-state index contributed by atoms with van der Waals surface area (Å²) in [5.74, 6) is 0.900. The van der Waals surface area contributed by atoms with Crippen molar-refractivity contribution in [3.05, 3.63) is 23.8 Å². The number of carbonyl (C=O) groups is 2. The van der Waals surface area contributed by atoms with Gasteiger partial charge >= 0.3 is 0 Å². The van der Waals surface area contributed by atoms with Gasteiger partial charge in [0.25, 0.3) is 5.91 Å². The molecular weight excluding hydrogens is 374 g/mol. The highest BCUT2D eigenvalue weighted by Gasteiger charge is 2.26. The number of likely N-dealkylation sites (tertiary alicyclic amines) is 1. The van der Waals surface area contributed by atoms with Crippen LogP contribution in [0.1, 0.15) is 88.4 Å². The minimum absolute atomic E-state index is 0.0469. The first-order valence-corrected chi connectivity index (χ1v) is 12.1. The highest BCUT2D eigenvalue weighted by atomic mass is 16.2. The van der Waals surface area contributed by atoms with Gasteiger partial charge in [-0.15, -0.1) is 0 Å². The van der Waals surface area contributed by atoms with Crippen molar-refractivity contribution in [2.75, 3.05) is 36.4 Å². The molecule has 0 atom stereocenters. The third-order valence-corrected chi connectivity index (χ3v) is 6.54. The van der Waals surface area contributed by atoms with Gasteiger partial charge in [0.1, 0.15) is 0 Å². The molecule has 2 aliphatic rings. The highest BCUT2D eigenvalue weighted by Crippen LogP contribution is 2.30. The average Bonchev–Trinajstić information content (AvgIpc) is 3.29. The first-order chi connectivity index (χ1) is 14.6. The van der Waals surface area contributed by atoms with Crippen molar-refractivity contribution in [2.24, 2.45) is 5.92 Å². The third-order valence-electron chi connectivity index (χ3n) is 6.54. The summed E-state index contributed by atoms with van der Waals surface area (Å²) < 4.78 is 0. The van der Waals surface area contributed by atoms with Gasteiger partial charge < -0.3 is 15.1 Å². The molecule has 1 aromatic carbocycles. The summed E-state index contributed by atoms with van der Waals surface area (Å²) in [5.41, 5.74) is 2.51. The second kappa shape index (κ2) is 11.4. The smallest absolute Gasteiger partial charge is 0.256 e. The molecule has 0 unspecified atom stereocenters. The molecule has 5 nitrogen and oxygen atoms in total. The number of unbranched alkanes of at least 4 members (excludes halogenated alkanes) is 4. The molecule has 2 aliphatic heterocycles. The summed E-state index contributed by atoms with van der Waals surface area (Å²) in [7, 11) is 0. The van der Waals surface area contributed by atoms with Crippen LogP contribution in [0.3, 0.4) is 0 Å². The lowest BCUT2D eigenvalue weighted by Crippen LogP contribution is -2.35. The number of hydrogen-bond acceptors (Lipinski definition) is 3. The maximum Gasteiger partial charge on any atom is 0.256 e. The molecule has 2 fully saturated rings. The number of hydrogen-bond donors (Lipinski definition) is 1. The van der Waals surface area contributed by atoms with E-state index in [1.807, 2.05) is 23.1 Å². The molecule has 166 valence electrons. The molecular formula is C25H39N3O2. The van der Waals surface area contributed by atoms with Crippen molar-refractivity contribution < 1.29 is 9.59 Å². The Morgan fingerprint density at radius 2 is 1.70 bits per heavy atom. The van der Waals surface area contributed by atoms with E-state index in [9.17, 15) is 9.59 Å². The number of nitrogens with one attached hydrogen (secondary N) is 1. The Kier molecular flexibility index (Phi) is 8.59. The molecule has 5 heteroatoms. The zero-order chi connectivity index (χ0) is 21.3. The van der Waals surface area contributed by atoms with Crippen molar-refractivity contribution in [1.29, 1.82) is 0 Å². The number of benzene rings is 1. The van der Waals surface area contributed by atoms with Crippen molar-refractivity contribution in [3.63, 3.8) is 0 Å². The normalized spacial score (nSPS) is 17.4. The number of rotatable bonds is 9. The molecule has 3 rings (SSSR count). The monoisotopic (exact) mass is 413 g/mol. The Morgan fingerprint density at radius 1 is 1.00 bits per heavy atom. The first-order valence-electron chi connectivity index (χ1n) is 12.1. The van der Waals surface area contributed by atoms with Crippen molar-refractivity contribution in [2.45, 2.75) is 78.1 Å². The molecule has 30 heavy (non-hydrogen) atoms. The van der Waals surface area contributed by atoms with Gasteiger partial charge in [0.05, 0.1) is 5.56 Å². The van der Waals surface area contributed by atoms with Crippen LogP contribution in [0.25, 0.3) is 0 Å². The zero-order valence-corrected chi connectivity index (χ0v) is 18.9. The van der Waals surface area contributed by atoms with Crippen LogP contribution < -0.4 is 10.2 Å². The van der Waals surface area contributed by atoms with Gasteiger partial charge in [-0.25, -0.2) is 0 Å². The van der Waals surface area contributed by atoms with Crippen LogP contribution in [0.2, 0.25) is 0 Å². The van der Waals surface area contributed by atoms with Crippen LogP contribution in [-0.2, 0) is 4.79 Å². The summed E-state index contributed by atoms with van der Waals surface area (Å²) in [6.45, 7) is 8.15. The molecule has 0 spiro atoms. The predicted octanol–water partition coefficient (Wildman–Crippen LogP) is 5.46. The van der Waals surface area contributed by atoms with E-state index in [0.29, 0.717) is 6.42 Å². The number of anilines is 2. The van der Waals surface area contributed by atoms with Gasteiger partial charge in [-0.2, -0.15) is 0 Å². The van der Waals surface area contributed by atoms with E-state index in [2.05, 4.69) is 24.1 Å². The number of carbonyl (C=O) groups excluding carboxylic acids is 2. The van der Waals surface area contributed by atoms with Crippen LogP contribution in [0.15, 0.2) is 18.2 Å². The second-order valence-electron chi connectivity index (χ2n) is 9.11. The Morgan fingerprint density at radius 3 is 2.40 bits per heavy atom. The molecule has 1 N–H and O–H groups in total. The fourth-order valence-electron chi connectivity index (χ4n) is 4.51. The molecule has 2 amide bonds. The van der Waals surface area contributed by atoms with Gasteiger partial charge in [0, 0.05) is 44.0 Å². The van der Waals surface area contributed by atoms with Crippen molar-refractivity contribution in [1.82, 2.24) is 4.90 Å². The molecule has 1 aromatic rings. The van der Waals surface area contributed by atoms with E-state index in [1.54, 1.807) is 0 Å². The van der Waals surface area contributed by atoms with Crippen molar-refractivity contribution >= 4 is 23.2 Å². The quantitative estimate of drug-likeness (QED) is 0.547. The lowest BCUT2D eigenvalue weighted by atomic mass is 9.97. The van der Waals surface area contributed by atoms with Gasteiger partial charge in [-0.3, -0.25) is 9.59 Å². The maximum absolute atomic E-state index is 13.3. The SMILES string of the molecule is CCCCCCCC(=O)Nc1ccc(N2CCC(C)CC2)c(C(=O)N2CCCC2)c1. The van der Waals surface area contributed by atoms with Gasteiger partial charge in [0.15, 0.2) is 0 Å². The van der Waals surface area contributed by atoms with Gasteiger partial charge in [0.2, 0.25) is 5.91 Å². The number of nitrogens with zero attached hydrogens (tertiary/aromatic N) is 2. The summed E-state index contributed by atoms with van der Waals surface area (Å²) in [5, 5.41) is 3.03. The highest BCUT2D eigenvalue weighted by molar-refractivity contribution is 6.02. The molecule has 0 aromatic heterocycles. The lowest BCUT2D eigenvalue weighted by Gasteiger charge is -2.34.